The Labute approximate surface area is 122 Å². The van der Waals surface area contributed by atoms with Crippen LogP contribution in [0.3, 0.4) is 0 Å². The number of carbonyl (C=O) groups is 2. The maximum Gasteiger partial charge on any atom is 0.308 e. The first kappa shape index (κ1) is 14.1. The van der Waals surface area contributed by atoms with Gasteiger partial charge in [0.15, 0.2) is 5.69 Å². The van der Waals surface area contributed by atoms with Crippen molar-refractivity contribution in [1.29, 1.82) is 0 Å². The second-order valence-electron chi connectivity index (χ2n) is 6.05. The molecular weight excluding hydrogens is 272 g/mol. The Morgan fingerprint density at radius 1 is 1.19 bits per heavy atom. The lowest BCUT2D eigenvalue weighted by Gasteiger charge is -2.22. The minimum Gasteiger partial charge on any atom is -0.481 e. The lowest BCUT2D eigenvalue weighted by atomic mass is 9.95. The van der Waals surface area contributed by atoms with Crippen molar-refractivity contribution in [3.63, 3.8) is 0 Å². The van der Waals surface area contributed by atoms with Gasteiger partial charge >= 0.3 is 5.97 Å². The standard InChI is InChI=1S/C15H20N2O4/c18-14(12-8-13(21-17-12)9-6-7-9)16-11-5-3-1-2-4-10(11)15(19)20/h8-11H,1-7H2,(H,16,18)(H,19,20)/t10-,11+/m1/s1. The zero-order valence-electron chi connectivity index (χ0n) is 11.9. The Balaban J connectivity index is 1.67. The van der Waals surface area contributed by atoms with Crippen LogP contribution in [0.2, 0.25) is 0 Å². The van der Waals surface area contributed by atoms with Crippen molar-refractivity contribution >= 4 is 11.9 Å². The number of nitrogens with zero attached hydrogens (tertiary/aromatic N) is 1. The number of nitrogens with one attached hydrogen (secondary N) is 1. The Morgan fingerprint density at radius 2 is 1.95 bits per heavy atom. The smallest absolute Gasteiger partial charge is 0.308 e. The molecule has 6 nitrogen and oxygen atoms in total. The number of aliphatic carboxylic acids is 1. The summed E-state index contributed by atoms with van der Waals surface area (Å²) >= 11 is 0. The molecule has 2 N–H and O–H groups in total. The van der Waals surface area contributed by atoms with Gasteiger partial charge in [0.2, 0.25) is 0 Å². The van der Waals surface area contributed by atoms with Gasteiger partial charge in [-0.25, -0.2) is 0 Å². The minimum atomic E-state index is -0.832. The van der Waals surface area contributed by atoms with Crippen LogP contribution in [-0.4, -0.2) is 28.2 Å². The van der Waals surface area contributed by atoms with Gasteiger partial charge in [-0.2, -0.15) is 0 Å². The van der Waals surface area contributed by atoms with Crippen LogP contribution in [0.25, 0.3) is 0 Å². The number of hydrogen-bond acceptors (Lipinski definition) is 4. The van der Waals surface area contributed by atoms with Gasteiger partial charge in [0.1, 0.15) is 5.76 Å². The van der Waals surface area contributed by atoms with Crippen LogP contribution in [0.15, 0.2) is 10.6 Å². The summed E-state index contributed by atoms with van der Waals surface area (Å²) in [5, 5.41) is 16.0. The molecule has 114 valence electrons. The predicted molar refractivity (Wildman–Crippen MR) is 73.9 cm³/mol. The molecule has 21 heavy (non-hydrogen) atoms. The van der Waals surface area contributed by atoms with Crippen LogP contribution in [0, 0.1) is 5.92 Å². The zero-order valence-corrected chi connectivity index (χ0v) is 11.9. The fraction of sp³-hybridized carbons (Fsp3) is 0.667. The number of rotatable bonds is 4. The summed E-state index contributed by atoms with van der Waals surface area (Å²) in [4.78, 5) is 23.6. The zero-order chi connectivity index (χ0) is 14.8. The predicted octanol–water partition coefficient (Wildman–Crippen LogP) is 2.32. The minimum absolute atomic E-state index is 0.255. The van der Waals surface area contributed by atoms with Crippen molar-refractivity contribution in [3.05, 3.63) is 17.5 Å². The van der Waals surface area contributed by atoms with Crippen molar-refractivity contribution in [3.8, 4) is 0 Å². The molecule has 0 radical (unpaired) electrons. The maximum absolute atomic E-state index is 12.2. The van der Waals surface area contributed by atoms with Crippen LogP contribution in [0.5, 0.6) is 0 Å². The van der Waals surface area contributed by atoms with Crippen molar-refractivity contribution in [2.24, 2.45) is 5.92 Å². The van der Waals surface area contributed by atoms with E-state index in [0.29, 0.717) is 18.8 Å². The molecule has 2 saturated carbocycles. The van der Waals surface area contributed by atoms with E-state index in [1.54, 1.807) is 6.07 Å². The highest BCUT2D eigenvalue weighted by molar-refractivity contribution is 5.92. The van der Waals surface area contributed by atoms with Gasteiger partial charge in [0.05, 0.1) is 5.92 Å². The monoisotopic (exact) mass is 292 g/mol. The lowest BCUT2D eigenvalue weighted by molar-refractivity contribution is -0.142. The molecule has 3 rings (SSSR count). The van der Waals surface area contributed by atoms with Crippen LogP contribution in [-0.2, 0) is 4.79 Å². The largest absolute Gasteiger partial charge is 0.481 e. The van der Waals surface area contributed by atoms with Crippen molar-refractivity contribution in [2.45, 2.75) is 56.9 Å². The van der Waals surface area contributed by atoms with Crippen molar-refractivity contribution in [2.75, 3.05) is 0 Å². The normalized spacial score (nSPS) is 26.1. The third-order valence-corrected chi connectivity index (χ3v) is 4.39. The Kier molecular flexibility index (Phi) is 3.94. The molecular formula is C15H20N2O4. The first-order valence-electron chi connectivity index (χ1n) is 7.65. The number of amides is 1. The molecule has 0 spiro atoms. The molecule has 1 heterocycles. The molecule has 6 heteroatoms. The maximum atomic E-state index is 12.2. The highest BCUT2D eigenvalue weighted by Crippen LogP contribution is 2.40. The summed E-state index contributed by atoms with van der Waals surface area (Å²) < 4.78 is 5.17. The van der Waals surface area contributed by atoms with Gasteiger partial charge < -0.3 is 14.9 Å². The average Bonchev–Trinajstić information content (AvgIpc) is 3.22. The summed E-state index contributed by atoms with van der Waals surface area (Å²) in [6, 6.07) is 1.36. The summed E-state index contributed by atoms with van der Waals surface area (Å²) in [7, 11) is 0. The van der Waals surface area contributed by atoms with Crippen LogP contribution < -0.4 is 5.32 Å². The number of aromatic nitrogens is 1. The summed E-state index contributed by atoms with van der Waals surface area (Å²) in [6.07, 6.45) is 6.36. The van der Waals surface area contributed by atoms with E-state index in [2.05, 4.69) is 10.5 Å². The number of carboxylic acids is 1. The average molecular weight is 292 g/mol. The number of carbonyl (C=O) groups excluding carboxylic acids is 1. The summed E-state index contributed by atoms with van der Waals surface area (Å²) in [6.45, 7) is 0. The molecule has 0 aromatic carbocycles. The molecule has 0 saturated heterocycles. The quantitative estimate of drug-likeness (QED) is 0.831. The van der Waals surface area contributed by atoms with Gasteiger partial charge in [-0.3, -0.25) is 9.59 Å². The molecule has 2 aliphatic rings. The van der Waals surface area contributed by atoms with E-state index in [-0.39, 0.29) is 17.6 Å². The molecule has 2 fully saturated rings. The van der Waals surface area contributed by atoms with E-state index in [1.807, 2.05) is 0 Å². The Bertz CT molecular complexity index is 536. The Morgan fingerprint density at radius 3 is 2.67 bits per heavy atom. The molecule has 0 unspecified atom stereocenters. The number of hydrogen-bond donors (Lipinski definition) is 2. The van der Waals surface area contributed by atoms with E-state index in [1.165, 1.54) is 0 Å². The van der Waals surface area contributed by atoms with Gasteiger partial charge in [-0.1, -0.05) is 24.4 Å². The summed E-state index contributed by atoms with van der Waals surface area (Å²) in [5.74, 6) is -0.504. The van der Waals surface area contributed by atoms with Gasteiger partial charge in [0.25, 0.3) is 5.91 Å². The second-order valence-corrected chi connectivity index (χ2v) is 6.05. The van der Waals surface area contributed by atoms with E-state index in [4.69, 9.17) is 4.52 Å². The van der Waals surface area contributed by atoms with E-state index in [0.717, 1.165) is 37.9 Å². The molecule has 0 bridgehead atoms. The molecule has 1 amide bonds. The SMILES string of the molecule is O=C(N[C@H]1CCCCC[C@H]1C(=O)O)c1cc(C2CC2)on1. The highest BCUT2D eigenvalue weighted by Gasteiger charge is 2.32. The van der Waals surface area contributed by atoms with Crippen LogP contribution >= 0.6 is 0 Å². The summed E-state index contributed by atoms with van der Waals surface area (Å²) in [5.41, 5.74) is 0.255. The highest BCUT2D eigenvalue weighted by atomic mass is 16.5. The van der Waals surface area contributed by atoms with E-state index in [9.17, 15) is 14.7 Å². The Hall–Kier alpha value is -1.85. The molecule has 2 aliphatic carbocycles. The van der Waals surface area contributed by atoms with E-state index >= 15 is 0 Å². The number of carboxylic acid groups (broad SMARTS) is 1. The molecule has 1 aromatic rings. The third-order valence-electron chi connectivity index (χ3n) is 4.39. The van der Waals surface area contributed by atoms with Gasteiger partial charge in [-0.05, 0) is 25.7 Å². The molecule has 1 aromatic heterocycles. The van der Waals surface area contributed by atoms with Gasteiger partial charge in [-0.15, -0.1) is 0 Å². The fourth-order valence-corrected chi connectivity index (χ4v) is 2.97. The fourth-order valence-electron chi connectivity index (χ4n) is 2.97. The van der Waals surface area contributed by atoms with Crippen molar-refractivity contribution < 1.29 is 19.2 Å². The molecule has 0 aliphatic heterocycles. The third kappa shape index (κ3) is 3.25. The van der Waals surface area contributed by atoms with Crippen molar-refractivity contribution in [1.82, 2.24) is 10.5 Å². The second kappa shape index (κ2) is 5.87. The first-order chi connectivity index (χ1) is 10.1. The van der Waals surface area contributed by atoms with Crippen LogP contribution in [0.4, 0.5) is 0 Å². The van der Waals surface area contributed by atoms with Gasteiger partial charge in [0, 0.05) is 18.0 Å². The molecule has 2 atom stereocenters. The topological polar surface area (TPSA) is 92.4 Å². The van der Waals surface area contributed by atoms with Crippen LogP contribution in [0.1, 0.15) is 67.1 Å². The first-order valence-corrected chi connectivity index (χ1v) is 7.65. The van der Waals surface area contributed by atoms with E-state index < -0.39 is 11.9 Å². The lowest BCUT2D eigenvalue weighted by Crippen LogP contribution is -2.42.